The summed E-state index contributed by atoms with van der Waals surface area (Å²) in [5, 5.41) is 0. The molecule has 0 bridgehead atoms. The number of aromatic nitrogens is 2. The molecule has 0 spiro atoms. The van der Waals surface area contributed by atoms with Gasteiger partial charge < -0.3 is 9.64 Å². The van der Waals surface area contributed by atoms with Crippen LogP contribution in [0.15, 0.2) is 30.6 Å². The normalized spacial score (nSPS) is 20.7. The molecule has 3 heterocycles. The van der Waals surface area contributed by atoms with Crippen LogP contribution in [0, 0.1) is 13.8 Å². The van der Waals surface area contributed by atoms with E-state index in [4.69, 9.17) is 22.3 Å². The SMILES string of the molecule is COC[C@@H](c1ccc(C(F)(F)F)cc1)N1CCN(C2(C)CCN(C(=O)c3c(C)ncnc3C)CC2)C[C@@H]1C.O=S(=O)(O)O. The first-order chi connectivity index (χ1) is 19.9. The molecule has 15 heteroatoms. The topological polar surface area (TPSA) is 136 Å². The van der Waals surface area contributed by atoms with Gasteiger partial charge in [0, 0.05) is 51.4 Å². The van der Waals surface area contributed by atoms with Gasteiger partial charge in [-0.15, -0.1) is 0 Å². The number of piperidine rings is 1. The maximum absolute atomic E-state index is 13.2. The molecule has 4 rings (SSSR count). The van der Waals surface area contributed by atoms with Crippen LogP contribution in [-0.2, 0) is 21.3 Å². The number of likely N-dealkylation sites (tertiary alicyclic amines) is 1. The van der Waals surface area contributed by atoms with Gasteiger partial charge >= 0.3 is 16.6 Å². The quantitative estimate of drug-likeness (QED) is 0.453. The number of alkyl halides is 3. The zero-order valence-electron chi connectivity index (χ0n) is 25.0. The van der Waals surface area contributed by atoms with Gasteiger partial charge in [-0.3, -0.25) is 23.7 Å². The summed E-state index contributed by atoms with van der Waals surface area (Å²) in [6.45, 7) is 12.4. The highest BCUT2D eigenvalue weighted by Gasteiger charge is 2.41. The molecule has 2 aliphatic rings. The summed E-state index contributed by atoms with van der Waals surface area (Å²) in [6.07, 6.45) is -1.12. The Bertz CT molecular complexity index is 1320. The molecule has 2 saturated heterocycles. The number of amides is 1. The van der Waals surface area contributed by atoms with E-state index in [-0.39, 0.29) is 23.5 Å². The third kappa shape index (κ3) is 9.16. The Labute approximate surface area is 250 Å². The van der Waals surface area contributed by atoms with Gasteiger partial charge in [-0.25, -0.2) is 9.97 Å². The third-order valence-corrected chi connectivity index (χ3v) is 8.36. The fraction of sp³-hybridized carbons (Fsp3) is 0.607. The van der Waals surface area contributed by atoms with Crippen LogP contribution >= 0.6 is 0 Å². The number of hydrogen-bond acceptors (Lipinski definition) is 8. The van der Waals surface area contributed by atoms with Crippen molar-refractivity contribution in [1.82, 2.24) is 24.7 Å². The van der Waals surface area contributed by atoms with Gasteiger partial charge in [-0.2, -0.15) is 21.6 Å². The molecule has 0 aliphatic carbocycles. The standard InChI is InChI=1S/C28H38F3N5O2.H2O4S/c1-19-16-35(14-15-36(19)24(17-38-5)22-6-8-23(9-7-22)28(29,30)31)27(4)10-12-34(13-11-27)26(37)25-20(2)32-18-33-21(25)3;1-5(2,3)4/h6-9,18-19,24H,10-17H2,1-5H3;(H2,1,2,3,4)/t19-,24-;/m0./s1. The van der Waals surface area contributed by atoms with Crippen LogP contribution in [-0.4, -0.2) is 106 Å². The van der Waals surface area contributed by atoms with E-state index in [0.717, 1.165) is 50.2 Å². The van der Waals surface area contributed by atoms with Crippen molar-refractivity contribution >= 4 is 16.3 Å². The molecule has 2 atom stereocenters. The summed E-state index contributed by atoms with van der Waals surface area (Å²) in [7, 11) is -3.04. The van der Waals surface area contributed by atoms with E-state index in [9.17, 15) is 18.0 Å². The van der Waals surface area contributed by atoms with Crippen LogP contribution in [0.5, 0.6) is 0 Å². The molecule has 43 heavy (non-hydrogen) atoms. The van der Waals surface area contributed by atoms with Gasteiger partial charge in [0.05, 0.1) is 35.2 Å². The van der Waals surface area contributed by atoms with Crippen molar-refractivity contribution < 1.29 is 40.2 Å². The first-order valence-corrected chi connectivity index (χ1v) is 15.3. The second-order valence-corrected chi connectivity index (χ2v) is 12.2. The van der Waals surface area contributed by atoms with Crippen LogP contribution < -0.4 is 0 Å². The van der Waals surface area contributed by atoms with E-state index in [1.54, 1.807) is 19.2 Å². The fourth-order valence-electron chi connectivity index (χ4n) is 5.93. The number of ether oxygens (including phenoxy) is 1. The van der Waals surface area contributed by atoms with Crippen LogP contribution in [0.1, 0.15) is 65.6 Å². The Morgan fingerprint density at radius 1 is 1.07 bits per heavy atom. The number of halogens is 3. The molecule has 1 aromatic heterocycles. The van der Waals surface area contributed by atoms with Gasteiger partial charge in [-0.05, 0) is 58.2 Å². The molecular weight excluding hydrogens is 591 g/mol. The van der Waals surface area contributed by atoms with Crippen molar-refractivity contribution in [3.05, 3.63) is 58.7 Å². The molecule has 2 aliphatic heterocycles. The van der Waals surface area contributed by atoms with Crippen LogP contribution in [0.4, 0.5) is 13.2 Å². The van der Waals surface area contributed by atoms with Gasteiger partial charge in [0.1, 0.15) is 6.33 Å². The number of hydrogen-bond donors (Lipinski definition) is 2. The summed E-state index contributed by atoms with van der Waals surface area (Å²) in [6, 6.07) is 5.52. The minimum absolute atomic E-state index is 0.000198. The Kier molecular flexibility index (Phi) is 11.3. The Morgan fingerprint density at radius 3 is 2.07 bits per heavy atom. The highest BCUT2D eigenvalue weighted by molar-refractivity contribution is 7.79. The molecule has 240 valence electrons. The second-order valence-electron chi connectivity index (χ2n) is 11.3. The molecule has 0 radical (unpaired) electrons. The molecule has 1 amide bonds. The molecule has 11 nitrogen and oxygen atoms in total. The van der Waals surface area contributed by atoms with Crippen LogP contribution in [0.3, 0.4) is 0 Å². The van der Waals surface area contributed by atoms with E-state index in [0.29, 0.717) is 36.6 Å². The predicted octanol–water partition coefficient (Wildman–Crippen LogP) is 3.85. The lowest BCUT2D eigenvalue weighted by atomic mass is 9.86. The van der Waals surface area contributed by atoms with Crippen molar-refractivity contribution in [3.63, 3.8) is 0 Å². The number of benzene rings is 1. The largest absolute Gasteiger partial charge is 0.416 e. The zero-order chi connectivity index (χ0) is 32.2. The van der Waals surface area contributed by atoms with Crippen molar-refractivity contribution in [2.45, 2.75) is 64.3 Å². The Hall–Kier alpha value is -2.69. The van der Waals surface area contributed by atoms with Crippen molar-refractivity contribution in [1.29, 1.82) is 0 Å². The highest BCUT2D eigenvalue weighted by Crippen LogP contribution is 2.35. The maximum atomic E-state index is 13.2. The van der Waals surface area contributed by atoms with Gasteiger partial charge in [0.15, 0.2) is 0 Å². The Morgan fingerprint density at radius 2 is 1.60 bits per heavy atom. The second kappa shape index (κ2) is 13.9. The molecule has 2 fully saturated rings. The summed E-state index contributed by atoms with van der Waals surface area (Å²) in [4.78, 5) is 28.4. The number of piperazine rings is 1. The smallest absolute Gasteiger partial charge is 0.383 e. The zero-order valence-corrected chi connectivity index (χ0v) is 25.8. The average Bonchev–Trinajstić information content (AvgIpc) is 2.91. The van der Waals surface area contributed by atoms with Gasteiger partial charge in [0.25, 0.3) is 5.91 Å². The molecule has 0 saturated carbocycles. The lowest BCUT2D eigenvalue weighted by molar-refractivity contribution is -0.137. The van der Waals surface area contributed by atoms with Gasteiger partial charge in [-0.1, -0.05) is 12.1 Å². The lowest BCUT2D eigenvalue weighted by Crippen LogP contribution is -2.62. The monoisotopic (exact) mass is 631 g/mol. The molecule has 2 N–H and O–H groups in total. The number of aryl methyl sites for hydroxylation is 2. The van der Waals surface area contributed by atoms with Crippen LogP contribution in [0.2, 0.25) is 0 Å². The summed E-state index contributed by atoms with van der Waals surface area (Å²) < 4.78 is 76.3. The number of carbonyl (C=O) groups is 1. The van der Waals surface area contributed by atoms with Crippen molar-refractivity contribution in [2.24, 2.45) is 0 Å². The van der Waals surface area contributed by atoms with E-state index < -0.39 is 22.1 Å². The average molecular weight is 632 g/mol. The highest BCUT2D eigenvalue weighted by atomic mass is 32.3. The molecule has 1 aromatic carbocycles. The number of methoxy groups -OCH3 is 1. The predicted molar refractivity (Wildman–Crippen MR) is 153 cm³/mol. The minimum atomic E-state index is -4.67. The minimum Gasteiger partial charge on any atom is -0.383 e. The summed E-state index contributed by atoms with van der Waals surface area (Å²) in [5.74, 6) is -0.000198. The first kappa shape index (κ1) is 34.8. The summed E-state index contributed by atoms with van der Waals surface area (Å²) in [5.41, 5.74) is 2.18. The van der Waals surface area contributed by atoms with Crippen molar-refractivity contribution in [3.8, 4) is 0 Å². The molecule has 0 unspecified atom stereocenters. The summed E-state index contributed by atoms with van der Waals surface area (Å²) >= 11 is 0. The number of carbonyl (C=O) groups excluding carboxylic acids is 1. The number of nitrogens with zero attached hydrogens (tertiary/aromatic N) is 5. The lowest BCUT2D eigenvalue weighted by Gasteiger charge is -2.52. The molecular formula is C28H40F3N5O6S. The third-order valence-electron chi connectivity index (χ3n) is 8.36. The van der Waals surface area contributed by atoms with Crippen molar-refractivity contribution in [2.75, 3.05) is 46.4 Å². The van der Waals surface area contributed by atoms with E-state index in [2.05, 4.69) is 33.6 Å². The molecule has 2 aromatic rings. The van der Waals surface area contributed by atoms with E-state index in [1.807, 2.05) is 18.7 Å². The fourth-order valence-corrected chi connectivity index (χ4v) is 5.93. The first-order valence-electron chi connectivity index (χ1n) is 13.9. The van der Waals surface area contributed by atoms with E-state index >= 15 is 0 Å². The van der Waals surface area contributed by atoms with Crippen LogP contribution in [0.25, 0.3) is 0 Å². The van der Waals surface area contributed by atoms with Gasteiger partial charge in [0.2, 0.25) is 0 Å². The number of rotatable bonds is 6. The van der Waals surface area contributed by atoms with E-state index in [1.165, 1.54) is 6.33 Å². The maximum Gasteiger partial charge on any atom is 0.416 e. The Balaban J connectivity index is 0.000000934.